The lowest BCUT2D eigenvalue weighted by Crippen LogP contribution is -2.14. The lowest BCUT2D eigenvalue weighted by atomic mass is 9.89. The number of rotatable bonds is 5. The van der Waals surface area contributed by atoms with Crippen molar-refractivity contribution in [3.8, 4) is 22.4 Å². The van der Waals surface area contributed by atoms with Gasteiger partial charge < -0.3 is 4.57 Å². The maximum atomic E-state index is 11.7. The number of pyridine rings is 1. The van der Waals surface area contributed by atoms with E-state index < -0.39 is 0 Å². The lowest BCUT2D eigenvalue weighted by Gasteiger charge is -2.22. The van der Waals surface area contributed by atoms with Crippen molar-refractivity contribution in [3.05, 3.63) is 65.8 Å². The van der Waals surface area contributed by atoms with Gasteiger partial charge in [0.05, 0.1) is 10.5 Å². The zero-order valence-electron chi connectivity index (χ0n) is 17.2. The molecule has 0 amide bonds. The van der Waals surface area contributed by atoms with E-state index in [1.165, 1.54) is 32.1 Å². The molecule has 0 saturated heterocycles. The Kier molecular flexibility index (Phi) is 5.51. The quantitative estimate of drug-likeness (QED) is 0.353. The average molecular weight is 431 g/mol. The summed E-state index contributed by atoms with van der Waals surface area (Å²) in [4.78, 5) is 25.2. The number of carbonyl (C=O) groups excluding carboxylic acids is 1. The Labute approximate surface area is 186 Å². The molecule has 0 radical (unpaired) electrons. The molecule has 6 heteroatoms. The summed E-state index contributed by atoms with van der Waals surface area (Å²) in [7, 11) is 0. The summed E-state index contributed by atoms with van der Waals surface area (Å²) in [5, 5.41) is 0.533. The van der Waals surface area contributed by atoms with Crippen LogP contribution < -0.4 is 0 Å². The van der Waals surface area contributed by atoms with Crippen LogP contribution in [0.15, 0.2) is 55.0 Å². The highest BCUT2D eigenvalue weighted by Gasteiger charge is 2.22. The first-order valence-corrected chi connectivity index (χ1v) is 11.1. The predicted molar refractivity (Wildman–Crippen MR) is 123 cm³/mol. The Bertz CT molecular complexity index is 1230. The highest BCUT2D eigenvalue weighted by atomic mass is 35.5. The lowest BCUT2D eigenvalue weighted by molar-refractivity contribution is 0.111. The predicted octanol–water partition coefficient (Wildman–Crippen LogP) is 6.21. The maximum absolute atomic E-state index is 11.7. The molecule has 1 aromatic carbocycles. The van der Waals surface area contributed by atoms with Crippen LogP contribution in [0.25, 0.3) is 33.4 Å². The Morgan fingerprint density at radius 2 is 1.84 bits per heavy atom. The Morgan fingerprint density at radius 1 is 1.03 bits per heavy atom. The zero-order valence-corrected chi connectivity index (χ0v) is 17.9. The van der Waals surface area contributed by atoms with Crippen LogP contribution in [0.4, 0.5) is 0 Å². The first kappa shape index (κ1) is 19.9. The summed E-state index contributed by atoms with van der Waals surface area (Å²) < 4.78 is 2.28. The van der Waals surface area contributed by atoms with E-state index in [4.69, 9.17) is 11.6 Å². The van der Waals surface area contributed by atoms with Crippen molar-refractivity contribution in [1.82, 2.24) is 19.5 Å². The fraction of sp³-hybridized carbons (Fsp3) is 0.280. The van der Waals surface area contributed by atoms with Crippen molar-refractivity contribution in [2.45, 2.75) is 38.6 Å². The summed E-state index contributed by atoms with van der Waals surface area (Å²) in [6.45, 7) is 0.911. The van der Waals surface area contributed by atoms with Gasteiger partial charge in [0, 0.05) is 36.3 Å². The number of halogens is 1. The number of fused-ring (bicyclic) bond motifs is 1. The van der Waals surface area contributed by atoms with Gasteiger partial charge in [-0.05, 0) is 30.4 Å². The third-order valence-corrected chi connectivity index (χ3v) is 6.28. The number of benzene rings is 1. The fourth-order valence-electron chi connectivity index (χ4n) is 4.63. The molecule has 0 aliphatic heterocycles. The van der Waals surface area contributed by atoms with Gasteiger partial charge in [-0.2, -0.15) is 0 Å². The first-order chi connectivity index (χ1) is 15.2. The van der Waals surface area contributed by atoms with Gasteiger partial charge in [0.15, 0.2) is 12.1 Å². The molecule has 5 nitrogen and oxygen atoms in total. The number of aromatic nitrogens is 4. The van der Waals surface area contributed by atoms with Gasteiger partial charge in [-0.15, -0.1) is 0 Å². The van der Waals surface area contributed by atoms with Gasteiger partial charge in [0.25, 0.3) is 0 Å². The molecule has 4 aromatic rings. The molecule has 0 N–H and O–H groups in total. The van der Waals surface area contributed by atoms with Crippen LogP contribution in [0.1, 0.15) is 42.7 Å². The highest BCUT2D eigenvalue weighted by Crippen LogP contribution is 2.36. The molecule has 0 spiro atoms. The number of hydrogen-bond acceptors (Lipinski definition) is 4. The molecular weight excluding hydrogens is 408 g/mol. The van der Waals surface area contributed by atoms with Crippen LogP contribution in [0.5, 0.6) is 0 Å². The fourth-order valence-corrected chi connectivity index (χ4v) is 4.80. The minimum atomic E-state index is 0.162. The molecule has 0 atom stereocenters. The van der Waals surface area contributed by atoms with Crippen LogP contribution in [0, 0.1) is 5.92 Å². The molecule has 3 heterocycles. The Morgan fingerprint density at radius 3 is 2.58 bits per heavy atom. The molecule has 5 rings (SSSR count). The topological polar surface area (TPSA) is 60.7 Å². The Balaban J connectivity index is 1.76. The molecule has 1 saturated carbocycles. The zero-order chi connectivity index (χ0) is 21.2. The van der Waals surface area contributed by atoms with Crippen molar-refractivity contribution in [3.63, 3.8) is 0 Å². The number of aldehydes is 1. The first-order valence-electron chi connectivity index (χ1n) is 10.8. The molecule has 0 bridgehead atoms. The van der Waals surface area contributed by atoms with Gasteiger partial charge in [0.1, 0.15) is 11.2 Å². The summed E-state index contributed by atoms with van der Waals surface area (Å²) in [6, 6.07) is 12.0. The maximum Gasteiger partial charge on any atom is 0.193 e. The average Bonchev–Trinajstić information content (AvgIpc) is 3.18. The summed E-state index contributed by atoms with van der Waals surface area (Å²) in [5.74, 6) is 0.791. The molecule has 0 unspecified atom stereocenters. The van der Waals surface area contributed by atoms with Crippen LogP contribution in [-0.2, 0) is 6.54 Å². The minimum Gasteiger partial charge on any atom is -0.343 e. The third kappa shape index (κ3) is 3.98. The van der Waals surface area contributed by atoms with E-state index in [1.54, 1.807) is 12.4 Å². The number of nitrogens with zero attached hydrogens (tertiary/aromatic N) is 4. The molecular formula is C25H23ClN4O. The molecule has 1 fully saturated rings. The Hall–Kier alpha value is -3.05. The third-order valence-electron chi connectivity index (χ3n) is 6.08. The second-order valence-corrected chi connectivity index (χ2v) is 8.64. The van der Waals surface area contributed by atoms with E-state index in [0.29, 0.717) is 22.9 Å². The second-order valence-electron chi connectivity index (χ2n) is 8.20. The van der Waals surface area contributed by atoms with Gasteiger partial charge in [-0.1, -0.05) is 61.2 Å². The largest absolute Gasteiger partial charge is 0.343 e. The minimum absolute atomic E-state index is 0.162. The van der Waals surface area contributed by atoms with E-state index in [1.807, 2.05) is 24.3 Å². The molecule has 1 aliphatic carbocycles. The van der Waals surface area contributed by atoms with Crippen molar-refractivity contribution < 1.29 is 4.79 Å². The smallest absolute Gasteiger partial charge is 0.193 e. The highest BCUT2D eigenvalue weighted by molar-refractivity contribution is 6.30. The standard InChI is InChI=1S/C25H23ClN4O/c26-20-11-19(12-27-13-20)23-25-24(29-22(16-31)28-23)21(18-9-5-2-6-10-18)15-30(25)14-17-7-3-1-4-8-17/h2,5-6,9-13,15-17H,1,3-4,7-8,14H2. The normalized spacial score (nSPS) is 14.7. The summed E-state index contributed by atoms with van der Waals surface area (Å²) in [5.41, 5.74) is 5.27. The van der Waals surface area contributed by atoms with Crippen molar-refractivity contribution in [2.75, 3.05) is 0 Å². The van der Waals surface area contributed by atoms with E-state index in [9.17, 15) is 4.79 Å². The molecule has 3 aromatic heterocycles. The van der Waals surface area contributed by atoms with Crippen molar-refractivity contribution >= 4 is 28.9 Å². The molecule has 156 valence electrons. The molecule has 31 heavy (non-hydrogen) atoms. The van der Waals surface area contributed by atoms with E-state index >= 15 is 0 Å². The van der Waals surface area contributed by atoms with Gasteiger partial charge in [0.2, 0.25) is 0 Å². The SMILES string of the molecule is O=Cc1nc(-c2cncc(Cl)c2)c2c(n1)c(-c1ccccc1)cn2CC1CCCCC1. The van der Waals surface area contributed by atoms with Gasteiger partial charge in [-0.3, -0.25) is 9.78 Å². The number of carbonyl (C=O) groups is 1. The van der Waals surface area contributed by atoms with E-state index in [-0.39, 0.29) is 5.82 Å². The second kappa shape index (κ2) is 8.60. The van der Waals surface area contributed by atoms with Crippen LogP contribution in [0.3, 0.4) is 0 Å². The molecule has 1 aliphatic rings. The van der Waals surface area contributed by atoms with Gasteiger partial charge in [-0.25, -0.2) is 9.97 Å². The van der Waals surface area contributed by atoms with Crippen LogP contribution in [-0.4, -0.2) is 25.8 Å². The van der Waals surface area contributed by atoms with Crippen LogP contribution >= 0.6 is 11.6 Å². The van der Waals surface area contributed by atoms with E-state index in [2.05, 4.69) is 37.8 Å². The summed E-state index contributed by atoms with van der Waals surface area (Å²) in [6.07, 6.45) is 12.6. The number of hydrogen-bond donors (Lipinski definition) is 0. The summed E-state index contributed by atoms with van der Waals surface area (Å²) >= 11 is 6.23. The monoisotopic (exact) mass is 430 g/mol. The van der Waals surface area contributed by atoms with Crippen molar-refractivity contribution in [1.29, 1.82) is 0 Å². The van der Waals surface area contributed by atoms with E-state index in [0.717, 1.165) is 34.3 Å². The van der Waals surface area contributed by atoms with Crippen molar-refractivity contribution in [2.24, 2.45) is 5.92 Å². The van der Waals surface area contributed by atoms with Crippen LogP contribution in [0.2, 0.25) is 5.02 Å². The van der Waals surface area contributed by atoms with Gasteiger partial charge >= 0.3 is 0 Å².